The van der Waals surface area contributed by atoms with E-state index in [1.165, 1.54) is 25.3 Å². The molecule has 1 atom stereocenters. The molecule has 2 rings (SSSR count). The highest BCUT2D eigenvalue weighted by molar-refractivity contribution is 5.20. The fourth-order valence-corrected chi connectivity index (χ4v) is 2.16. The predicted molar refractivity (Wildman–Crippen MR) is 66.1 cm³/mol. The van der Waals surface area contributed by atoms with Crippen molar-refractivity contribution in [2.45, 2.75) is 31.8 Å². The van der Waals surface area contributed by atoms with Crippen LogP contribution in [0.5, 0.6) is 0 Å². The monoisotopic (exact) mass is 255 g/mol. The first-order valence-electron chi connectivity index (χ1n) is 6.50. The third-order valence-corrected chi connectivity index (χ3v) is 3.62. The molecule has 0 amide bonds. The van der Waals surface area contributed by atoms with Crippen LogP contribution in [0.2, 0.25) is 0 Å². The first-order valence-corrected chi connectivity index (χ1v) is 6.50. The summed E-state index contributed by atoms with van der Waals surface area (Å²) in [4.78, 5) is 0. The van der Waals surface area contributed by atoms with Gasteiger partial charge in [0.25, 0.3) is 0 Å². The van der Waals surface area contributed by atoms with Gasteiger partial charge in [-0.15, -0.1) is 0 Å². The fourth-order valence-electron chi connectivity index (χ4n) is 2.16. The summed E-state index contributed by atoms with van der Waals surface area (Å²) in [5, 5.41) is 13.0. The Bertz CT molecular complexity index is 393. The molecule has 0 bridgehead atoms. The zero-order valence-electron chi connectivity index (χ0n) is 10.3. The van der Waals surface area contributed by atoms with Gasteiger partial charge in [-0.05, 0) is 36.6 Å². The Balaban J connectivity index is 1.72. The van der Waals surface area contributed by atoms with Gasteiger partial charge in [0, 0.05) is 6.54 Å². The molecule has 0 spiro atoms. The van der Waals surface area contributed by atoms with Gasteiger partial charge in [-0.3, -0.25) is 0 Å². The molecule has 0 saturated heterocycles. The number of hydrogen-bond donors (Lipinski definition) is 2. The minimum Gasteiger partial charge on any atom is -0.387 e. The third-order valence-electron chi connectivity index (χ3n) is 3.62. The molecular formula is C14H19F2NO. The molecule has 0 radical (unpaired) electrons. The number of aliphatic hydroxyl groups excluding tert-OH is 1. The second-order valence-electron chi connectivity index (χ2n) is 4.98. The molecule has 18 heavy (non-hydrogen) atoms. The summed E-state index contributed by atoms with van der Waals surface area (Å²) in [6.07, 6.45) is 4.30. The molecule has 0 heterocycles. The van der Waals surface area contributed by atoms with Gasteiger partial charge >= 0.3 is 0 Å². The van der Waals surface area contributed by atoms with Crippen molar-refractivity contribution in [3.63, 3.8) is 0 Å². The zero-order chi connectivity index (χ0) is 13.0. The van der Waals surface area contributed by atoms with Crippen molar-refractivity contribution >= 4 is 0 Å². The number of hydrogen-bond acceptors (Lipinski definition) is 2. The van der Waals surface area contributed by atoms with Crippen LogP contribution in [0.3, 0.4) is 0 Å². The summed E-state index contributed by atoms with van der Waals surface area (Å²) in [6, 6.07) is 3.51. The third kappa shape index (κ3) is 3.50. The standard InChI is InChI=1S/C14H19F2NO/c15-12-5-4-11(8-13(12)16)14(18)9-17-7-6-10-2-1-3-10/h4-5,8,10,14,17-18H,1-3,6-7,9H2. The van der Waals surface area contributed by atoms with Gasteiger partial charge < -0.3 is 10.4 Å². The van der Waals surface area contributed by atoms with Crippen LogP contribution < -0.4 is 5.32 Å². The van der Waals surface area contributed by atoms with Crippen molar-refractivity contribution in [2.24, 2.45) is 5.92 Å². The largest absolute Gasteiger partial charge is 0.387 e. The molecule has 1 fully saturated rings. The van der Waals surface area contributed by atoms with E-state index in [-0.39, 0.29) is 0 Å². The SMILES string of the molecule is OC(CNCCC1CCC1)c1ccc(F)c(F)c1. The Morgan fingerprint density at radius 2 is 2.06 bits per heavy atom. The summed E-state index contributed by atoms with van der Waals surface area (Å²) < 4.78 is 25.7. The molecule has 0 aliphatic heterocycles. The van der Waals surface area contributed by atoms with Gasteiger partial charge in [0.1, 0.15) is 0 Å². The van der Waals surface area contributed by atoms with E-state index < -0.39 is 17.7 Å². The maximum absolute atomic E-state index is 13.0. The van der Waals surface area contributed by atoms with Crippen LogP contribution in [0.1, 0.15) is 37.4 Å². The summed E-state index contributed by atoms with van der Waals surface area (Å²) in [6.45, 7) is 1.24. The van der Waals surface area contributed by atoms with E-state index in [9.17, 15) is 13.9 Å². The number of aliphatic hydroxyl groups is 1. The molecule has 4 heteroatoms. The highest BCUT2D eigenvalue weighted by atomic mass is 19.2. The van der Waals surface area contributed by atoms with E-state index in [1.54, 1.807) is 0 Å². The van der Waals surface area contributed by atoms with E-state index in [0.717, 1.165) is 31.0 Å². The van der Waals surface area contributed by atoms with E-state index in [0.29, 0.717) is 12.1 Å². The molecule has 1 aliphatic rings. The molecular weight excluding hydrogens is 236 g/mol. The number of halogens is 2. The van der Waals surface area contributed by atoms with Gasteiger partial charge in [0.05, 0.1) is 6.10 Å². The quantitative estimate of drug-likeness (QED) is 0.766. The highest BCUT2D eigenvalue weighted by Crippen LogP contribution is 2.28. The summed E-state index contributed by atoms with van der Waals surface area (Å²) in [5.41, 5.74) is 0.407. The number of nitrogens with one attached hydrogen (secondary N) is 1. The Labute approximate surface area is 106 Å². The topological polar surface area (TPSA) is 32.3 Å². The van der Waals surface area contributed by atoms with Crippen LogP contribution in [-0.4, -0.2) is 18.2 Å². The van der Waals surface area contributed by atoms with Crippen LogP contribution in [-0.2, 0) is 0 Å². The van der Waals surface area contributed by atoms with E-state index in [2.05, 4.69) is 5.32 Å². The average Bonchev–Trinajstić information content (AvgIpc) is 2.30. The first-order chi connectivity index (χ1) is 8.66. The minimum absolute atomic E-state index is 0.373. The Kier molecular flexibility index (Phi) is 4.66. The molecule has 1 aromatic rings. The van der Waals surface area contributed by atoms with Crippen molar-refractivity contribution in [3.05, 3.63) is 35.4 Å². The maximum atomic E-state index is 13.0. The molecule has 1 saturated carbocycles. The summed E-state index contributed by atoms with van der Waals surface area (Å²) >= 11 is 0. The van der Waals surface area contributed by atoms with Crippen molar-refractivity contribution in [2.75, 3.05) is 13.1 Å². The van der Waals surface area contributed by atoms with Gasteiger partial charge in [-0.1, -0.05) is 25.3 Å². The Morgan fingerprint density at radius 1 is 1.28 bits per heavy atom. The van der Waals surface area contributed by atoms with Crippen LogP contribution in [0.15, 0.2) is 18.2 Å². The molecule has 100 valence electrons. The number of rotatable bonds is 6. The van der Waals surface area contributed by atoms with E-state index in [1.807, 2.05) is 0 Å². The Hall–Kier alpha value is -1.00. The average molecular weight is 255 g/mol. The molecule has 1 unspecified atom stereocenters. The highest BCUT2D eigenvalue weighted by Gasteiger charge is 2.16. The van der Waals surface area contributed by atoms with Crippen LogP contribution in [0.25, 0.3) is 0 Å². The predicted octanol–water partition coefficient (Wildman–Crippen LogP) is 2.78. The van der Waals surface area contributed by atoms with E-state index in [4.69, 9.17) is 0 Å². The second-order valence-corrected chi connectivity index (χ2v) is 4.98. The minimum atomic E-state index is -0.916. The van der Waals surface area contributed by atoms with E-state index >= 15 is 0 Å². The van der Waals surface area contributed by atoms with Crippen molar-refractivity contribution in [1.82, 2.24) is 5.32 Å². The van der Waals surface area contributed by atoms with Crippen molar-refractivity contribution in [1.29, 1.82) is 0 Å². The molecule has 2 nitrogen and oxygen atoms in total. The lowest BCUT2D eigenvalue weighted by Crippen LogP contribution is -2.25. The van der Waals surface area contributed by atoms with Gasteiger partial charge in [0.2, 0.25) is 0 Å². The first kappa shape index (κ1) is 13.4. The molecule has 2 N–H and O–H groups in total. The lowest BCUT2D eigenvalue weighted by atomic mass is 9.83. The van der Waals surface area contributed by atoms with Crippen molar-refractivity contribution in [3.8, 4) is 0 Å². The lowest BCUT2D eigenvalue weighted by Gasteiger charge is -2.25. The van der Waals surface area contributed by atoms with Crippen molar-refractivity contribution < 1.29 is 13.9 Å². The van der Waals surface area contributed by atoms with Gasteiger partial charge in [-0.2, -0.15) is 0 Å². The van der Waals surface area contributed by atoms with Gasteiger partial charge in [-0.25, -0.2) is 8.78 Å². The van der Waals surface area contributed by atoms with Crippen LogP contribution >= 0.6 is 0 Å². The Morgan fingerprint density at radius 3 is 2.67 bits per heavy atom. The smallest absolute Gasteiger partial charge is 0.159 e. The normalized spacial score (nSPS) is 17.5. The maximum Gasteiger partial charge on any atom is 0.159 e. The second kappa shape index (κ2) is 6.25. The van der Waals surface area contributed by atoms with Crippen LogP contribution in [0.4, 0.5) is 8.78 Å². The zero-order valence-corrected chi connectivity index (χ0v) is 10.3. The van der Waals surface area contributed by atoms with Crippen LogP contribution in [0, 0.1) is 17.6 Å². The molecule has 1 aromatic carbocycles. The molecule has 1 aliphatic carbocycles. The van der Waals surface area contributed by atoms with Gasteiger partial charge in [0.15, 0.2) is 11.6 Å². The number of benzene rings is 1. The molecule has 0 aromatic heterocycles. The lowest BCUT2D eigenvalue weighted by molar-refractivity contribution is 0.172. The summed E-state index contributed by atoms with van der Waals surface area (Å²) in [5.74, 6) is -0.970. The summed E-state index contributed by atoms with van der Waals surface area (Å²) in [7, 11) is 0. The fraction of sp³-hybridized carbons (Fsp3) is 0.571.